The number of amides is 1. The zero-order chi connectivity index (χ0) is 30.4. The van der Waals surface area contributed by atoms with E-state index in [0.717, 1.165) is 22.5 Å². The molecule has 0 fully saturated rings. The third-order valence-electron chi connectivity index (χ3n) is 6.22. The zero-order valence-electron chi connectivity index (χ0n) is 22.2. The van der Waals surface area contributed by atoms with Gasteiger partial charge in [0.2, 0.25) is 0 Å². The molecule has 0 aliphatic carbocycles. The monoisotopic (exact) mass is 652 g/mol. The summed E-state index contributed by atoms with van der Waals surface area (Å²) in [5, 5.41) is 1.02. The number of halogens is 5. The molecule has 0 N–H and O–H groups in total. The van der Waals surface area contributed by atoms with E-state index in [2.05, 4.69) is 0 Å². The van der Waals surface area contributed by atoms with E-state index in [1.165, 1.54) is 47.4 Å². The van der Waals surface area contributed by atoms with Crippen LogP contribution in [0.2, 0.25) is 15.1 Å². The summed E-state index contributed by atoms with van der Waals surface area (Å²) in [7, 11) is -2.72. The van der Waals surface area contributed by atoms with Gasteiger partial charge in [0.25, 0.3) is 15.9 Å². The van der Waals surface area contributed by atoms with E-state index in [0.29, 0.717) is 44.9 Å². The van der Waals surface area contributed by atoms with Gasteiger partial charge < -0.3 is 9.64 Å². The van der Waals surface area contributed by atoms with Gasteiger partial charge in [-0.15, -0.1) is 0 Å². The Morgan fingerprint density at radius 2 is 1.52 bits per heavy atom. The summed E-state index contributed by atoms with van der Waals surface area (Å²) < 4.78 is 63.2. The molecule has 12 heteroatoms. The number of hydrogen-bond donors (Lipinski definition) is 0. The summed E-state index contributed by atoms with van der Waals surface area (Å²) in [5.41, 5.74) is 0.311. The Kier molecular flexibility index (Phi) is 10.3. The second kappa shape index (κ2) is 13.7. The van der Waals surface area contributed by atoms with Gasteiger partial charge in [-0.3, -0.25) is 9.10 Å². The van der Waals surface area contributed by atoms with Crippen molar-refractivity contribution in [1.29, 1.82) is 0 Å². The van der Waals surface area contributed by atoms with E-state index in [4.69, 9.17) is 39.5 Å². The van der Waals surface area contributed by atoms with E-state index in [1.54, 1.807) is 31.3 Å². The Labute approximate surface area is 258 Å². The lowest BCUT2D eigenvalue weighted by Crippen LogP contribution is -2.31. The van der Waals surface area contributed by atoms with Crippen molar-refractivity contribution in [2.24, 2.45) is 0 Å². The summed E-state index contributed by atoms with van der Waals surface area (Å²) in [6.07, 6.45) is 0.441. The van der Waals surface area contributed by atoms with Crippen LogP contribution in [0, 0.1) is 11.6 Å². The third kappa shape index (κ3) is 7.72. The lowest BCUT2D eigenvalue weighted by molar-refractivity contribution is 0.0787. The SMILES string of the molecule is CN(CCCOc1ccccc1CN(c1cc(F)ccc1F)S(=O)(=O)c1ccc(Cl)cc1)C(=O)c1cc(Cl)cc(Cl)c1. The summed E-state index contributed by atoms with van der Waals surface area (Å²) >= 11 is 17.9. The van der Waals surface area contributed by atoms with E-state index >= 15 is 0 Å². The van der Waals surface area contributed by atoms with Crippen LogP contribution in [-0.2, 0) is 16.6 Å². The van der Waals surface area contributed by atoms with Crippen molar-refractivity contribution in [3.05, 3.63) is 123 Å². The lowest BCUT2D eigenvalue weighted by atomic mass is 10.2. The molecule has 4 rings (SSSR count). The molecule has 220 valence electrons. The molecule has 4 aromatic carbocycles. The van der Waals surface area contributed by atoms with Gasteiger partial charge in [-0.2, -0.15) is 0 Å². The van der Waals surface area contributed by atoms with E-state index < -0.39 is 27.3 Å². The number of nitrogens with zero attached hydrogens (tertiary/aromatic N) is 2. The quantitative estimate of drug-likeness (QED) is 0.155. The maximum atomic E-state index is 14.9. The van der Waals surface area contributed by atoms with Gasteiger partial charge in [-0.25, -0.2) is 17.2 Å². The van der Waals surface area contributed by atoms with E-state index in [-0.39, 0.29) is 24.0 Å². The van der Waals surface area contributed by atoms with Crippen LogP contribution in [0.5, 0.6) is 5.75 Å². The molecule has 0 saturated heterocycles. The minimum Gasteiger partial charge on any atom is -0.493 e. The number of anilines is 1. The van der Waals surface area contributed by atoms with Crippen LogP contribution in [-0.4, -0.2) is 39.4 Å². The fraction of sp³-hybridized carbons (Fsp3) is 0.167. The standard InChI is InChI=1S/C30H25Cl3F2N2O4S/c1-36(30(38)21-15-23(32)17-24(33)16-21)13-4-14-41-29-6-3-2-5-20(29)19-37(28-18-25(34)9-12-27(28)35)42(39,40)26-10-7-22(31)8-11-26/h2-3,5-12,15-18H,4,13-14,19H2,1H3. The molecule has 0 unspecified atom stereocenters. The molecule has 0 bridgehead atoms. The first-order valence-corrected chi connectivity index (χ1v) is 15.2. The number of ether oxygens (including phenoxy) is 1. The number of benzene rings is 4. The van der Waals surface area contributed by atoms with Crippen LogP contribution < -0.4 is 9.04 Å². The van der Waals surface area contributed by atoms with Gasteiger partial charge >= 0.3 is 0 Å². The molecule has 1 amide bonds. The molecular formula is C30H25Cl3F2N2O4S. The maximum Gasteiger partial charge on any atom is 0.264 e. The third-order valence-corrected chi connectivity index (χ3v) is 8.68. The molecule has 6 nitrogen and oxygen atoms in total. The maximum absolute atomic E-state index is 14.9. The fourth-order valence-corrected chi connectivity index (χ4v) is 6.22. The first-order chi connectivity index (χ1) is 20.0. The van der Waals surface area contributed by atoms with Gasteiger partial charge in [0, 0.05) is 45.9 Å². The normalized spacial score (nSPS) is 11.3. The molecule has 0 spiro atoms. The Bertz CT molecular complexity index is 1670. The predicted octanol–water partition coefficient (Wildman–Crippen LogP) is 7.86. The molecular weight excluding hydrogens is 629 g/mol. The number of sulfonamides is 1. The Hall–Kier alpha value is -3.37. The fourth-order valence-electron chi connectivity index (χ4n) is 4.12. The highest BCUT2D eigenvalue weighted by atomic mass is 35.5. The molecule has 0 aliphatic heterocycles. The summed E-state index contributed by atoms with van der Waals surface area (Å²) in [5.74, 6) is -1.63. The lowest BCUT2D eigenvalue weighted by Gasteiger charge is -2.26. The second-order valence-corrected chi connectivity index (χ2v) is 12.4. The van der Waals surface area contributed by atoms with Crippen molar-refractivity contribution in [3.63, 3.8) is 0 Å². The molecule has 0 aromatic heterocycles. The molecule has 42 heavy (non-hydrogen) atoms. The number of hydrogen-bond acceptors (Lipinski definition) is 4. The van der Waals surface area contributed by atoms with Crippen molar-refractivity contribution < 1.29 is 26.7 Å². The van der Waals surface area contributed by atoms with Crippen molar-refractivity contribution in [2.45, 2.75) is 17.9 Å². The average Bonchev–Trinajstić information content (AvgIpc) is 2.95. The van der Waals surface area contributed by atoms with Crippen molar-refractivity contribution >= 4 is 56.4 Å². The summed E-state index contributed by atoms with van der Waals surface area (Å²) in [4.78, 5) is 14.1. The average molecular weight is 654 g/mol. The number of rotatable bonds is 11. The number of para-hydroxylation sites is 1. The second-order valence-electron chi connectivity index (χ2n) is 9.26. The van der Waals surface area contributed by atoms with Crippen LogP contribution in [0.15, 0.2) is 89.8 Å². The number of carbonyl (C=O) groups excluding carboxylic acids is 1. The molecule has 0 radical (unpaired) electrons. The Balaban J connectivity index is 1.52. The molecule has 0 saturated carbocycles. The van der Waals surface area contributed by atoms with Gasteiger partial charge in [-0.1, -0.05) is 53.0 Å². The van der Waals surface area contributed by atoms with Crippen LogP contribution in [0.4, 0.5) is 14.5 Å². The highest BCUT2D eigenvalue weighted by Gasteiger charge is 2.29. The van der Waals surface area contributed by atoms with Gasteiger partial charge in [0.1, 0.15) is 17.4 Å². The minimum absolute atomic E-state index is 0.150. The molecule has 4 aromatic rings. The largest absolute Gasteiger partial charge is 0.493 e. The first-order valence-electron chi connectivity index (χ1n) is 12.6. The Morgan fingerprint density at radius 1 is 0.857 bits per heavy atom. The summed E-state index contributed by atoms with van der Waals surface area (Å²) in [6, 6.07) is 19.2. The van der Waals surface area contributed by atoms with Crippen LogP contribution in [0.3, 0.4) is 0 Å². The topological polar surface area (TPSA) is 66.9 Å². The van der Waals surface area contributed by atoms with Crippen LogP contribution in [0.25, 0.3) is 0 Å². The highest BCUT2D eigenvalue weighted by molar-refractivity contribution is 7.92. The van der Waals surface area contributed by atoms with Crippen molar-refractivity contribution in [3.8, 4) is 5.75 Å². The van der Waals surface area contributed by atoms with Crippen LogP contribution >= 0.6 is 34.8 Å². The number of carbonyl (C=O) groups is 1. The Morgan fingerprint density at radius 3 is 2.21 bits per heavy atom. The first kappa shape index (κ1) is 31.6. The van der Waals surface area contributed by atoms with Gasteiger partial charge in [0.05, 0.1) is 23.7 Å². The molecule has 0 heterocycles. The predicted molar refractivity (Wildman–Crippen MR) is 161 cm³/mol. The van der Waals surface area contributed by atoms with Gasteiger partial charge in [0.15, 0.2) is 0 Å². The van der Waals surface area contributed by atoms with Crippen LogP contribution in [0.1, 0.15) is 22.3 Å². The smallest absolute Gasteiger partial charge is 0.264 e. The summed E-state index contributed by atoms with van der Waals surface area (Å²) in [6.45, 7) is 0.176. The van der Waals surface area contributed by atoms with Crippen molar-refractivity contribution in [2.75, 3.05) is 24.5 Å². The van der Waals surface area contributed by atoms with E-state index in [1.807, 2.05) is 0 Å². The van der Waals surface area contributed by atoms with Crippen molar-refractivity contribution in [1.82, 2.24) is 4.90 Å². The highest BCUT2D eigenvalue weighted by Crippen LogP contribution is 2.32. The van der Waals surface area contributed by atoms with E-state index in [9.17, 15) is 22.0 Å². The minimum atomic E-state index is -4.35. The molecule has 0 atom stereocenters. The zero-order valence-corrected chi connectivity index (χ0v) is 25.3. The molecule has 0 aliphatic rings. The van der Waals surface area contributed by atoms with Gasteiger partial charge in [-0.05, 0) is 67.1 Å².